The summed E-state index contributed by atoms with van der Waals surface area (Å²) in [5, 5.41) is 3.32. The molecule has 29 heavy (non-hydrogen) atoms. The third-order valence-electron chi connectivity index (χ3n) is 5.10. The quantitative estimate of drug-likeness (QED) is 0.756. The zero-order chi connectivity index (χ0) is 21.0. The van der Waals surface area contributed by atoms with Crippen LogP contribution in [-0.2, 0) is 21.1 Å². The first-order valence-corrected chi connectivity index (χ1v) is 11.5. The summed E-state index contributed by atoms with van der Waals surface area (Å²) in [5.74, 6) is -0.657. The molecule has 2 atom stereocenters. The van der Waals surface area contributed by atoms with E-state index in [2.05, 4.69) is 5.32 Å². The number of halogens is 1. The van der Waals surface area contributed by atoms with E-state index in [0.29, 0.717) is 23.4 Å². The van der Waals surface area contributed by atoms with E-state index in [1.807, 2.05) is 30.3 Å². The van der Waals surface area contributed by atoms with Gasteiger partial charge >= 0.3 is 0 Å². The van der Waals surface area contributed by atoms with Gasteiger partial charge in [-0.1, -0.05) is 41.9 Å². The first-order valence-electron chi connectivity index (χ1n) is 9.32. The van der Waals surface area contributed by atoms with Crippen LogP contribution in [0.25, 0.3) is 0 Å². The lowest BCUT2D eigenvalue weighted by molar-refractivity contribution is -0.133. The Morgan fingerprint density at radius 3 is 2.38 bits per heavy atom. The smallest absolute Gasteiger partial charge is 0.251 e. The molecule has 0 spiro atoms. The van der Waals surface area contributed by atoms with Gasteiger partial charge in [0.25, 0.3) is 5.91 Å². The maximum Gasteiger partial charge on any atom is 0.251 e. The highest BCUT2D eigenvalue weighted by Gasteiger charge is 2.35. The fraction of sp³-hybridized carbons (Fsp3) is 0.333. The number of amides is 2. The first kappa shape index (κ1) is 21.3. The van der Waals surface area contributed by atoms with E-state index >= 15 is 0 Å². The molecule has 6 nitrogen and oxygen atoms in total. The first-order chi connectivity index (χ1) is 13.7. The van der Waals surface area contributed by atoms with Crippen molar-refractivity contribution in [1.29, 1.82) is 0 Å². The molecule has 0 aliphatic carbocycles. The largest absolute Gasteiger partial charge is 0.340 e. The minimum Gasteiger partial charge on any atom is -0.340 e. The summed E-state index contributed by atoms with van der Waals surface area (Å²) in [4.78, 5) is 27.3. The van der Waals surface area contributed by atoms with E-state index in [9.17, 15) is 18.0 Å². The molecule has 1 saturated heterocycles. The van der Waals surface area contributed by atoms with Crippen LogP contribution in [0.2, 0.25) is 5.02 Å². The van der Waals surface area contributed by atoms with Gasteiger partial charge < -0.3 is 10.2 Å². The van der Waals surface area contributed by atoms with Crippen LogP contribution in [0.5, 0.6) is 0 Å². The lowest BCUT2D eigenvalue weighted by Gasteiger charge is -2.28. The minimum atomic E-state index is -3.12. The summed E-state index contributed by atoms with van der Waals surface area (Å²) in [7, 11) is -1.52. The predicted octanol–water partition coefficient (Wildman–Crippen LogP) is 2.33. The van der Waals surface area contributed by atoms with Crippen molar-refractivity contribution in [1.82, 2.24) is 10.2 Å². The van der Waals surface area contributed by atoms with E-state index in [1.54, 1.807) is 31.3 Å². The molecule has 1 aliphatic rings. The molecule has 1 heterocycles. The van der Waals surface area contributed by atoms with E-state index in [1.165, 1.54) is 4.90 Å². The van der Waals surface area contributed by atoms with Crippen molar-refractivity contribution in [3.63, 3.8) is 0 Å². The van der Waals surface area contributed by atoms with E-state index in [4.69, 9.17) is 11.6 Å². The van der Waals surface area contributed by atoms with Crippen LogP contribution in [0.4, 0.5) is 0 Å². The van der Waals surface area contributed by atoms with Crippen LogP contribution in [0.1, 0.15) is 22.3 Å². The summed E-state index contributed by atoms with van der Waals surface area (Å²) < 4.78 is 23.6. The molecule has 1 fully saturated rings. The SMILES string of the molecule is CN(C(=O)C(Cc1ccccc1)NC(=O)c1ccc(Cl)cc1)C1CCS(=O)(=O)C1. The Labute approximate surface area is 175 Å². The molecule has 2 aromatic carbocycles. The average molecular weight is 435 g/mol. The molecule has 0 aromatic heterocycles. The third kappa shape index (κ3) is 5.58. The Kier molecular flexibility index (Phi) is 6.59. The normalized spacial score (nSPS) is 18.8. The molecule has 1 N–H and O–H groups in total. The van der Waals surface area contributed by atoms with Crippen LogP contribution in [-0.4, -0.2) is 55.8 Å². The fourth-order valence-corrected chi connectivity index (χ4v) is 5.30. The van der Waals surface area contributed by atoms with Gasteiger partial charge in [-0.3, -0.25) is 9.59 Å². The molecule has 2 aromatic rings. The van der Waals surface area contributed by atoms with Gasteiger partial charge in [0.15, 0.2) is 9.84 Å². The Morgan fingerprint density at radius 1 is 1.14 bits per heavy atom. The number of rotatable bonds is 6. The van der Waals surface area contributed by atoms with Crippen LogP contribution in [0.3, 0.4) is 0 Å². The van der Waals surface area contributed by atoms with Crippen molar-refractivity contribution in [2.24, 2.45) is 0 Å². The molecule has 0 bridgehead atoms. The number of nitrogens with one attached hydrogen (secondary N) is 1. The lowest BCUT2D eigenvalue weighted by Crippen LogP contribution is -2.51. The van der Waals surface area contributed by atoms with Crippen LogP contribution in [0.15, 0.2) is 54.6 Å². The van der Waals surface area contributed by atoms with Gasteiger partial charge in [-0.25, -0.2) is 8.42 Å². The summed E-state index contributed by atoms with van der Waals surface area (Å²) >= 11 is 5.88. The second-order valence-corrected chi connectivity index (χ2v) is 9.89. The lowest BCUT2D eigenvalue weighted by atomic mass is 10.0. The molecule has 0 radical (unpaired) electrons. The highest BCUT2D eigenvalue weighted by molar-refractivity contribution is 7.91. The van der Waals surface area contributed by atoms with Crippen molar-refractivity contribution in [3.8, 4) is 0 Å². The summed E-state index contributed by atoms with van der Waals surface area (Å²) in [6.45, 7) is 0. The molecular formula is C21H23ClN2O4S. The fourth-order valence-electron chi connectivity index (χ4n) is 3.40. The summed E-state index contributed by atoms with van der Waals surface area (Å²) in [6, 6.07) is 14.6. The van der Waals surface area contributed by atoms with Gasteiger partial charge in [0.05, 0.1) is 11.5 Å². The third-order valence-corrected chi connectivity index (χ3v) is 7.10. The van der Waals surface area contributed by atoms with Gasteiger partial charge in [-0.2, -0.15) is 0 Å². The number of hydrogen-bond donors (Lipinski definition) is 1. The second kappa shape index (κ2) is 8.97. The van der Waals surface area contributed by atoms with E-state index in [0.717, 1.165) is 5.56 Å². The minimum absolute atomic E-state index is 0.0432. The average Bonchev–Trinajstić information content (AvgIpc) is 3.07. The molecular weight excluding hydrogens is 412 g/mol. The molecule has 154 valence electrons. The Morgan fingerprint density at radius 2 is 1.79 bits per heavy atom. The molecule has 2 amide bonds. The number of carbonyl (C=O) groups is 2. The molecule has 8 heteroatoms. The van der Waals surface area contributed by atoms with Crippen molar-refractivity contribution in [2.75, 3.05) is 18.6 Å². The van der Waals surface area contributed by atoms with Crippen molar-refractivity contribution in [2.45, 2.75) is 24.9 Å². The molecule has 2 unspecified atom stereocenters. The van der Waals surface area contributed by atoms with Crippen molar-refractivity contribution >= 4 is 33.3 Å². The molecule has 0 saturated carbocycles. The van der Waals surface area contributed by atoms with Gasteiger partial charge in [-0.15, -0.1) is 0 Å². The Hall–Kier alpha value is -2.38. The highest BCUT2D eigenvalue weighted by Crippen LogP contribution is 2.18. The number of benzene rings is 2. The maximum absolute atomic E-state index is 13.2. The van der Waals surface area contributed by atoms with Gasteiger partial charge in [0, 0.05) is 30.1 Å². The highest BCUT2D eigenvalue weighted by atomic mass is 35.5. The van der Waals surface area contributed by atoms with Gasteiger partial charge in [0.2, 0.25) is 5.91 Å². The van der Waals surface area contributed by atoms with E-state index < -0.39 is 15.9 Å². The van der Waals surface area contributed by atoms with Crippen LogP contribution >= 0.6 is 11.6 Å². The Balaban J connectivity index is 1.79. The zero-order valence-corrected chi connectivity index (χ0v) is 17.6. The van der Waals surface area contributed by atoms with Gasteiger partial charge in [0.1, 0.15) is 6.04 Å². The molecule has 3 rings (SSSR count). The second-order valence-electron chi connectivity index (χ2n) is 7.23. The van der Waals surface area contributed by atoms with Crippen molar-refractivity contribution in [3.05, 3.63) is 70.7 Å². The number of hydrogen-bond acceptors (Lipinski definition) is 4. The topological polar surface area (TPSA) is 83.6 Å². The maximum atomic E-state index is 13.2. The van der Waals surface area contributed by atoms with Crippen LogP contribution < -0.4 is 5.32 Å². The number of sulfone groups is 1. The predicted molar refractivity (Wildman–Crippen MR) is 113 cm³/mol. The zero-order valence-electron chi connectivity index (χ0n) is 16.0. The Bertz CT molecular complexity index is 978. The monoisotopic (exact) mass is 434 g/mol. The van der Waals surface area contributed by atoms with Crippen molar-refractivity contribution < 1.29 is 18.0 Å². The van der Waals surface area contributed by atoms with Crippen LogP contribution in [0, 0.1) is 0 Å². The standard InChI is InChI=1S/C21H23ClN2O4S/c1-24(18-11-12-29(27,28)14-18)21(26)19(13-15-5-3-2-4-6-15)23-20(25)16-7-9-17(22)10-8-16/h2-10,18-19H,11-14H2,1H3,(H,23,25). The van der Waals surface area contributed by atoms with Gasteiger partial charge in [-0.05, 0) is 36.2 Å². The number of likely N-dealkylation sites (N-methyl/N-ethyl adjacent to an activating group) is 1. The molecule has 1 aliphatic heterocycles. The summed E-state index contributed by atoms with van der Waals surface area (Å²) in [6.07, 6.45) is 0.719. The summed E-state index contributed by atoms with van der Waals surface area (Å²) in [5.41, 5.74) is 1.29. The van der Waals surface area contributed by atoms with E-state index in [-0.39, 0.29) is 29.4 Å². The number of nitrogens with zero attached hydrogens (tertiary/aromatic N) is 1. The number of carbonyl (C=O) groups excluding carboxylic acids is 2.